The van der Waals surface area contributed by atoms with Crippen LogP contribution >= 0.6 is 0 Å². The molecule has 3 unspecified atom stereocenters. The molecule has 1 fully saturated rings. The number of unbranched alkanes of at least 4 members (excludes halogenated alkanes) is 2. The molecule has 1 aliphatic heterocycles. The Labute approximate surface area is 126 Å². The van der Waals surface area contributed by atoms with Gasteiger partial charge in [-0.25, -0.2) is 4.39 Å². The Kier molecular flexibility index (Phi) is 5.34. The van der Waals surface area contributed by atoms with Crippen LogP contribution in [0.1, 0.15) is 58.2 Å². The third kappa shape index (κ3) is 3.43. The zero-order valence-corrected chi connectivity index (χ0v) is 13.1. The summed E-state index contributed by atoms with van der Waals surface area (Å²) in [6.45, 7) is 6.06. The number of rotatable bonds is 6. The van der Waals surface area contributed by atoms with Gasteiger partial charge in [0.15, 0.2) is 0 Å². The predicted molar refractivity (Wildman–Crippen MR) is 82.2 cm³/mol. The maximum atomic E-state index is 14.1. The van der Waals surface area contributed by atoms with E-state index in [1.54, 1.807) is 12.1 Å². The topological polar surface area (TPSA) is 32.3 Å². The predicted octanol–water partition coefficient (Wildman–Crippen LogP) is 3.61. The van der Waals surface area contributed by atoms with Crippen molar-refractivity contribution in [2.75, 3.05) is 0 Å². The lowest BCUT2D eigenvalue weighted by atomic mass is 10.1. The SMILES string of the molecule is CCCCCC(C)N1C(=O)C(C)NC1c1ccccc1F. The molecule has 1 saturated heterocycles. The minimum Gasteiger partial charge on any atom is -0.319 e. The first kappa shape index (κ1) is 16.0. The fourth-order valence-corrected chi connectivity index (χ4v) is 2.98. The smallest absolute Gasteiger partial charge is 0.241 e. The molecule has 116 valence electrons. The molecule has 21 heavy (non-hydrogen) atoms. The van der Waals surface area contributed by atoms with Crippen LogP contribution in [0.4, 0.5) is 4.39 Å². The van der Waals surface area contributed by atoms with Crippen LogP contribution in [0.5, 0.6) is 0 Å². The van der Waals surface area contributed by atoms with Crippen molar-refractivity contribution in [2.24, 2.45) is 0 Å². The molecule has 1 aliphatic rings. The Hall–Kier alpha value is -1.42. The Morgan fingerprint density at radius 2 is 2.05 bits per heavy atom. The highest BCUT2D eigenvalue weighted by Crippen LogP contribution is 2.30. The maximum Gasteiger partial charge on any atom is 0.241 e. The summed E-state index contributed by atoms with van der Waals surface area (Å²) in [6, 6.07) is 6.55. The quantitative estimate of drug-likeness (QED) is 0.812. The molecule has 3 nitrogen and oxygen atoms in total. The van der Waals surface area contributed by atoms with E-state index in [4.69, 9.17) is 0 Å². The molecule has 1 heterocycles. The fourth-order valence-electron chi connectivity index (χ4n) is 2.98. The number of amides is 1. The van der Waals surface area contributed by atoms with E-state index in [2.05, 4.69) is 19.2 Å². The van der Waals surface area contributed by atoms with Gasteiger partial charge in [-0.2, -0.15) is 0 Å². The highest BCUT2D eigenvalue weighted by molar-refractivity contribution is 5.84. The van der Waals surface area contributed by atoms with E-state index in [-0.39, 0.29) is 30.0 Å². The highest BCUT2D eigenvalue weighted by Gasteiger charge is 2.40. The van der Waals surface area contributed by atoms with Crippen LogP contribution < -0.4 is 5.32 Å². The van der Waals surface area contributed by atoms with Gasteiger partial charge >= 0.3 is 0 Å². The van der Waals surface area contributed by atoms with Crippen LogP contribution in [0, 0.1) is 5.82 Å². The van der Waals surface area contributed by atoms with E-state index in [0.717, 1.165) is 19.3 Å². The molecule has 2 rings (SSSR count). The Balaban J connectivity index is 2.19. The number of halogens is 1. The van der Waals surface area contributed by atoms with Gasteiger partial charge in [0.05, 0.1) is 6.04 Å². The molecule has 0 radical (unpaired) electrons. The van der Waals surface area contributed by atoms with Gasteiger partial charge in [0.1, 0.15) is 12.0 Å². The molecule has 0 aromatic heterocycles. The van der Waals surface area contributed by atoms with Crippen molar-refractivity contribution in [3.8, 4) is 0 Å². The zero-order chi connectivity index (χ0) is 15.4. The fraction of sp³-hybridized carbons (Fsp3) is 0.588. The number of hydrogen-bond donors (Lipinski definition) is 1. The lowest BCUT2D eigenvalue weighted by Crippen LogP contribution is -2.38. The lowest BCUT2D eigenvalue weighted by molar-refractivity contribution is -0.132. The second-order valence-electron chi connectivity index (χ2n) is 5.90. The Morgan fingerprint density at radius 1 is 1.33 bits per heavy atom. The first-order valence-corrected chi connectivity index (χ1v) is 7.89. The number of nitrogens with zero attached hydrogens (tertiary/aromatic N) is 1. The second kappa shape index (κ2) is 7.03. The average molecular weight is 292 g/mol. The molecule has 0 bridgehead atoms. The molecule has 1 aromatic rings. The minimum atomic E-state index is -0.356. The van der Waals surface area contributed by atoms with Crippen molar-refractivity contribution in [2.45, 2.75) is 64.7 Å². The number of carbonyl (C=O) groups is 1. The summed E-state index contributed by atoms with van der Waals surface area (Å²) in [5, 5.41) is 3.22. The molecule has 1 aromatic carbocycles. The third-order valence-electron chi connectivity index (χ3n) is 4.21. The van der Waals surface area contributed by atoms with Crippen molar-refractivity contribution in [3.05, 3.63) is 35.6 Å². The van der Waals surface area contributed by atoms with Gasteiger partial charge in [-0.3, -0.25) is 10.1 Å². The van der Waals surface area contributed by atoms with E-state index in [9.17, 15) is 9.18 Å². The Morgan fingerprint density at radius 3 is 2.71 bits per heavy atom. The molecule has 4 heteroatoms. The first-order valence-electron chi connectivity index (χ1n) is 7.89. The molecule has 1 amide bonds. The summed E-state index contributed by atoms with van der Waals surface area (Å²) < 4.78 is 14.1. The number of hydrogen-bond acceptors (Lipinski definition) is 2. The molecule has 3 atom stereocenters. The van der Waals surface area contributed by atoms with Gasteiger partial charge in [0.25, 0.3) is 0 Å². The summed E-state index contributed by atoms with van der Waals surface area (Å²) in [4.78, 5) is 14.2. The van der Waals surface area contributed by atoms with Crippen molar-refractivity contribution in [1.29, 1.82) is 0 Å². The average Bonchev–Trinajstić information content (AvgIpc) is 2.75. The molecular formula is C17H25FN2O. The number of benzene rings is 1. The van der Waals surface area contributed by atoms with Crippen molar-refractivity contribution < 1.29 is 9.18 Å². The summed E-state index contributed by atoms with van der Waals surface area (Å²) in [5.41, 5.74) is 0.553. The molecule has 0 saturated carbocycles. The van der Waals surface area contributed by atoms with Crippen LogP contribution in [-0.4, -0.2) is 22.9 Å². The Bertz CT molecular complexity index is 491. The van der Waals surface area contributed by atoms with E-state index in [1.165, 1.54) is 12.5 Å². The minimum absolute atomic E-state index is 0.0623. The van der Waals surface area contributed by atoms with Crippen LogP contribution in [0.25, 0.3) is 0 Å². The largest absolute Gasteiger partial charge is 0.319 e. The van der Waals surface area contributed by atoms with Gasteiger partial charge < -0.3 is 4.90 Å². The van der Waals surface area contributed by atoms with Gasteiger partial charge in [-0.05, 0) is 26.3 Å². The monoisotopic (exact) mass is 292 g/mol. The second-order valence-corrected chi connectivity index (χ2v) is 5.90. The molecular weight excluding hydrogens is 267 g/mol. The van der Waals surface area contributed by atoms with Crippen LogP contribution in [0.3, 0.4) is 0 Å². The summed E-state index contributed by atoms with van der Waals surface area (Å²) in [7, 11) is 0. The summed E-state index contributed by atoms with van der Waals surface area (Å²) in [5.74, 6) is -0.199. The van der Waals surface area contributed by atoms with E-state index in [0.29, 0.717) is 5.56 Å². The number of nitrogens with one attached hydrogen (secondary N) is 1. The number of carbonyl (C=O) groups excluding carboxylic acids is 1. The molecule has 0 aliphatic carbocycles. The van der Waals surface area contributed by atoms with Crippen molar-refractivity contribution >= 4 is 5.91 Å². The molecule has 0 spiro atoms. The first-order chi connectivity index (χ1) is 10.1. The maximum absolute atomic E-state index is 14.1. The highest BCUT2D eigenvalue weighted by atomic mass is 19.1. The van der Waals surface area contributed by atoms with Crippen LogP contribution in [0.15, 0.2) is 24.3 Å². The van der Waals surface area contributed by atoms with Crippen LogP contribution in [-0.2, 0) is 4.79 Å². The lowest BCUT2D eigenvalue weighted by Gasteiger charge is -2.31. The summed E-state index contributed by atoms with van der Waals surface area (Å²) in [6.07, 6.45) is 4.02. The molecule has 1 N–H and O–H groups in total. The van der Waals surface area contributed by atoms with Crippen molar-refractivity contribution in [1.82, 2.24) is 10.2 Å². The zero-order valence-electron chi connectivity index (χ0n) is 13.1. The van der Waals surface area contributed by atoms with E-state index >= 15 is 0 Å². The van der Waals surface area contributed by atoms with Gasteiger partial charge in [0, 0.05) is 11.6 Å². The van der Waals surface area contributed by atoms with Crippen LogP contribution in [0.2, 0.25) is 0 Å². The van der Waals surface area contributed by atoms with E-state index < -0.39 is 0 Å². The third-order valence-corrected chi connectivity index (χ3v) is 4.21. The van der Waals surface area contributed by atoms with Crippen molar-refractivity contribution in [3.63, 3.8) is 0 Å². The summed E-state index contributed by atoms with van der Waals surface area (Å²) >= 11 is 0. The standard InChI is InChI=1S/C17H25FN2O/c1-4-5-6-9-12(2)20-16(19-13(3)17(20)21)14-10-7-8-11-15(14)18/h7-8,10-13,16,19H,4-6,9H2,1-3H3. The normalized spacial score (nSPS) is 23.6. The van der Waals surface area contributed by atoms with E-state index in [1.807, 2.05) is 17.9 Å². The van der Waals surface area contributed by atoms with Gasteiger partial charge in [-0.1, -0.05) is 44.4 Å². The van der Waals surface area contributed by atoms with Gasteiger partial charge in [-0.15, -0.1) is 0 Å². The van der Waals surface area contributed by atoms with Gasteiger partial charge in [0.2, 0.25) is 5.91 Å².